The highest BCUT2D eigenvalue weighted by Crippen LogP contribution is 2.24. The molecule has 1 atom stereocenters. The summed E-state index contributed by atoms with van der Waals surface area (Å²) in [6.45, 7) is 6.41. The Morgan fingerprint density at radius 1 is 1.25 bits per heavy atom. The third-order valence-electron chi connectivity index (χ3n) is 3.33. The molecule has 1 fully saturated rings. The molecule has 0 aromatic carbocycles. The second-order valence-corrected chi connectivity index (χ2v) is 7.51. The van der Waals surface area contributed by atoms with Crippen LogP contribution in [-0.4, -0.2) is 31.5 Å². The zero-order chi connectivity index (χ0) is 12.2. The zero-order valence-corrected chi connectivity index (χ0v) is 11.6. The molecule has 0 saturated carbocycles. The van der Waals surface area contributed by atoms with Gasteiger partial charge in [-0.1, -0.05) is 26.7 Å². The first-order chi connectivity index (χ1) is 7.41. The lowest BCUT2D eigenvalue weighted by Gasteiger charge is -2.30. The van der Waals surface area contributed by atoms with Gasteiger partial charge in [0.25, 0.3) is 0 Å². The summed E-state index contributed by atoms with van der Waals surface area (Å²) in [5, 5.41) is 3.57. The van der Waals surface area contributed by atoms with E-state index >= 15 is 0 Å². The van der Waals surface area contributed by atoms with Crippen molar-refractivity contribution in [1.82, 2.24) is 5.32 Å². The maximum absolute atomic E-state index is 11.5. The van der Waals surface area contributed by atoms with E-state index in [4.69, 9.17) is 0 Å². The molecule has 96 valence electrons. The van der Waals surface area contributed by atoms with Gasteiger partial charge in [-0.15, -0.1) is 0 Å². The summed E-state index contributed by atoms with van der Waals surface area (Å²) < 4.78 is 23.0. The number of hydrogen-bond donors (Lipinski definition) is 1. The van der Waals surface area contributed by atoms with Gasteiger partial charge >= 0.3 is 0 Å². The van der Waals surface area contributed by atoms with Crippen LogP contribution in [0.25, 0.3) is 0 Å². The van der Waals surface area contributed by atoms with Crippen LogP contribution in [0.1, 0.15) is 52.9 Å². The Balaban J connectivity index is 2.57. The van der Waals surface area contributed by atoms with Crippen molar-refractivity contribution in [2.75, 3.05) is 11.5 Å². The summed E-state index contributed by atoms with van der Waals surface area (Å²) in [4.78, 5) is 0. The van der Waals surface area contributed by atoms with Crippen molar-refractivity contribution in [3.8, 4) is 0 Å². The highest BCUT2D eigenvalue weighted by Gasteiger charge is 2.39. The maximum atomic E-state index is 11.5. The molecule has 1 unspecified atom stereocenters. The average molecular weight is 247 g/mol. The summed E-state index contributed by atoms with van der Waals surface area (Å²) in [6.07, 6.45) is 5.35. The number of hydrogen-bond acceptors (Lipinski definition) is 3. The first-order valence-corrected chi connectivity index (χ1v) is 8.21. The molecular weight excluding hydrogens is 222 g/mol. The van der Waals surface area contributed by atoms with Crippen LogP contribution in [0.2, 0.25) is 0 Å². The molecule has 0 aliphatic carbocycles. The Bertz CT molecular complexity index is 307. The highest BCUT2D eigenvalue weighted by atomic mass is 32.2. The molecule has 1 rings (SSSR count). The van der Waals surface area contributed by atoms with Crippen LogP contribution in [0.4, 0.5) is 0 Å². The molecule has 1 N–H and O–H groups in total. The molecule has 1 heterocycles. The molecule has 0 bridgehead atoms. The molecule has 0 aromatic heterocycles. The Morgan fingerprint density at radius 3 is 2.19 bits per heavy atom. The highest BCUT2D eigenvalue weighted by molar-refractivity contribution is 7.91. The van der Waals surface area contributed by atoms with Gasteiger partial charge in [-0.3, -0.25) is 0 Å². The van der Waals surface area contributed by atoms with E-state index in [9.17, 15) is 8.42 Å². The van der Waals surface area contributed by atoms with Gasteiger partial charge in [-0.2, -0.15) is 0 Å². The Labute approximate surface area is 99.9 Å². The summed E-state index contributed by atoms with van der Waals surface area (Å²) in [6, 6.07) is 0.480. The molecule has 4 heteroatoms. The minimum absolute atomic E-state index is 0.187. The van der Waals surface area contributed by atoms with Gasteiger partial charge in [-0.05, 0) is 26.2 Å². The quantitative estimate of drug-likeness (QED) is 0.782. The van der Waals surface area contributed by atoms with Crippen LogP contribution < -0.4 is 5.32 Å². The lowest BCUT2D eigenvalue weighted by molar-refractivity contribution is 0.313. The van der Waals surface area contributed by atoms with Crippen LogP contribution in [0, 0.1) is 0 Å². The molecule has 0 radical (unpaired) electrons. The van der Waals surface area contributed by atoms with Crippen molar-refractivity contribution in [3.05, 3.63) is 0 Å². The molecule has 1 aliphatic heterocycles. The topological polar surface area (TPSA) is 46.2 Å². The lowest BCUT2D eigenvalue weighted by Crippen LogP contribution is -2.49. The van der Waals surface area contributed by atoms with Crippen LogP contribution in [0.15, 0.2) is 0 Å². The van der Waals surface area contributed by atoms with E-state index in [2.05, 4.69) is 26.1 Å². The maximum Gasteiger partial charge on any atom is 0.152 e. The van der Waals surface area contributed by atoms with Crippen molar-refractivity contribution in [2.24, 2.45) is 0 Å². The van der Waals surface area contributed by atoms with Gasteiger partial charge in [-0.25, -0.2) is 8.42 Å². The van der Waals surface area contributed by atoms with Crippen LogP contribution in [0.5, 0.6) is 0 Å². The second-order valence-electron chi connectivity index (χ2n) is 5.32. The fourth-order valence-corrected chi connectivity index (χ4v) is 4.71. The average Bonchev–Trinajstić information content (AvgIpc) is 2.41. The fourth-order valence-electron chi connectivity index (χ4n) is 2.60. The molecule has 0 spiro atoms. The smallest absolute Gasteiger partial charge is 0.152 e. The summed E-state index contributed by atoms with van der Waals surface area (Å²) in [7, 11) is -2.79. The van der Waals surface area contributed by atoms with E-state index in [-0.39, 0.29) is 5.54 Å². The number of rotatable bonds is 6. The summed E-state index contributed by atoms with van der Waals surface area (Å²) in [5.41, 5.74) is -0.187. The van der Waals surface area contributed by atoms with Gasteiger partial charge < -0.3 is 5.32 Å². The van der Waals surface area contributed by atoms with Crippen molar-refractivity contribution < 1.29 is 8.42 Å². The molecular formula is C12H25NO2S. The molecule has 16 heavy (non-hydrogen) atoms. The Kier molecular flexibility index (Phi) is 4.80. The number of sulfone groups is 1. The van der Waals surface area contributed by atoms with Gasteiger partial charge in [0.2, 0.25) is 0 Å². The van der Waals surface area contributed by atoms with E-state index in [1.165, 1.54) is 0 Å². The molecule has 3 nitrogen and oxygen atoms in total. The van der Waals surface area contributed by atoms with Crippen molar-refractivity contribution in [2.45, 2.75) is 64.5 Å². The van der Waals surface area contributed by atoms with Crippen LogP contribution in [0.3, 0.4) is 0 Å². The summed E-state index contributed by atoms with van der Waals surface area (Å²) >= 11 is 0. The minimum Gasteiger partial charge on any atom is -0.308 e. The SMILES string of the molecule is CCCC(CCC)NC1(C)CCS(=O)(=O)C1. The minimum atomic E-state index is -2.79. The van der Waals surface area contributed by atoms with Gasteiger partial charge in [0, 0.05) is 11.6 Å². The van der Waals surface area contributed by atoms with Gasteiger partial charge in [0.1, 0.15) is 0 Å². The normalized spacial score (nSPS) is 28.8. The Hall–Kier alpha value is -0.0900. The summed E-state index contributed by atoms with van der Waals surface area (Å²) in [5.74, 6) is 0.658. The van der Waals surface area contributed by atoms with Crippen molar-refractivity contribution >= 4 is 9.84 Å². The predicted octanol–water partition coefficient (Wildman–Crippen LogP) is 2.12. The van der Waals surface area contributed by atoms with Crippen molar-refractivity contribution in [1.29, 1.82) is 0 Å². The monoisotopic (exact) mass is 247 g/mol. The largest absolute Gasteiger partial charge is 0.308 e. The number of nitrogens with one attached hydrogen (secondary N) is 1. The van der Waals surface area contributed by atoms with E-state index in [1.807, 2.05) is 0 Å². The van der Waals surface area contributed by atoms with E-state index < -0.39 is 9.84 Å². The Morgan fingerprint density at radius 2 is 1.81 bits per heavy atom. The zero-order valence-electron chi connectivity index (χ0n) is 10.8. The first-order valence-electron chi connectivity index (χ1n) is 6.39. The molecule has 1 aliphatic rings. The fraction of sp³-hybridized carbons (Fsp3) is 1.00. The predicted molar refractivity (Wildman–Crippen MR) is 68.4 cm³/mol. The van der Waals surface area contributed by atoms with Crippen LogP contribution >= 0.6 is 0 Å². The molecule has 0 aromatic rings. The van der Waals surface area contributed by atoms with E-state index in [0.29, 0.717) is 17.5 Å². The third-order valence-corrected chi connectivity index (χ3v) is 5.23. The lowest BCUT2D eigenvalue weighted by atomic mass is 9.97. The standard InChI is InChI=1S/C12H25NO2S/c1-4-6-11(7-5-2)13-12(3)8-9-16(14,15)10-12/h11,13H,4-10H2,1-3H3. The van der Waals surface area contributed by atoms with Crippen molar-refractivity contribution in [3.63, 3.8) is 0 Å². The second kappa shape index (κ2) is 5.50. The molecule has 0 amide bonds. The van der Waals surface area contributed by atoms with Gasteiger partial charge in [0.05, 0.1) is 11.5 Å². The van der Waals surface area contributed by atoms with E-state index in [1.54, 1.807) is 0 Å². The van der Waals surface area contributed by atoms with E-state index in [0.717, 1.165) is 32.1 Å². The van der Waals surface area contributed by atoms with Gasteiger partial charge in [0.15, 0.2) is 9.84 Å². The molecule has 1 saturated heterocycles. The van der Waals surface area contributed by atoms with Crippen LogP contribution in [-0.2, 0) is 9.84 Å². The first kappa shape index (κ1) is 14.0. The third kappa shape index (κ3) is 4.06.